The molecule has 0 bridgehead atoms. The van der Waals surface area contributed by atoms with Crippen LogP contribution in [0.2, 0.25) is 0 Å². The van der Waals surface area contributed by atoms with Crippen LogP contribution in [0.4, 0.5) is 0 Å². The Kier molecular flexibility index (Phi) is 5.67. The van der Waals surface area contributed by atoms with Crippen LogP contribution in [0, 0.1) is 17.8 Å². The summed E-state index contributed by atoms with van der Waals surface area (Å²) in [5.41, 5.74) is -0.708. The molecule has 2 N–H and O–H groups in total. The molecule has 2 fully saturated rings. The molecule has 1 unspecified atom stereocenters. The molecule has 0 aromatic heterocycles. The van der Waals surface area contributed by atoms with Crippen molar-refractivity contribution in [2.45, 2.75) is 58.4 Å². The molecule has 1 aliphatic carbocycles. The SMILES string of the molecule is CCCNC(CN1CCC(C(C)C)CC1)(C(=O)O)C1CC1. The zero-order valence-corrected chi connectivity index (χ0v) is 13.9. The van der Waals surface area contributed by atoms with E-state index in [1.807, 2.05) is 0 Å². The highest BCUT2D eigenvalue weighted by Crippen LogP contribution is 2.41. The van der Waals surface area contributed by atoms with E-state index in [1.54, 1.807) is 0 Å². The Balaban J connectivity index is 1.97. The first kappa shape index (κ1) is 16.8. The fourth-order valence-corrected chi connectivity index (χ4v) is 3.70. The molecule has 1 heterocycles. The third kappa shape index (κ3) is 3.98. The molecule has 1 saturated carbocycles. The van der Waals surface area contributed by atoms with Crippen LogP contribution in [-0.4, -0.2) is 47.7 Å². The number of carboxylic acids is 1. The second-order valence-electron chi connectivity index (χ2n) is 7.34. The van der Waals surface area contributed by atoms with Crippen molar-refractivity contribution in [1.82, 2.24) is 10.2 Å². The van der Waals surface area contributed by atoms with Crippen molar-refractivity contribution in [3.8, 4) is 0 Å². The second-order valence-corrected chi connectivity index (χ2v) is 7.34. The molecule has 122 valence electrons. The van der Waals surface area contributed by atoms with Gasteiger partial charge in [-0.3, -0.25) is 4.79 Å². The lowest BCUT2D eigenvalue weighted by Crippen LogP contribution is -2.61. The Morgan fingerprint density at radius 2 is 1.90 bits per heavy atom. The summed E-state index contributed by atoms with van der Waals surface area (Å²) in [7, 11) is 0. The second kappa shape index (κ2) is 7.10. The van der Waals surface area contributed by atoms with Crippen molar-refractivity contribution >= 4 is 5.97 Å². The summed E-state index contributed by atoms with van der Waals surface area (Å²) in [5, 5.41) is 13.2. The van der Waals surface area contributed by atoms with E-state index in [0.717, 1.165) is 50.7 Å². The van der Waals surface area contributed by atoms with Crippen molar-refractivity contribution < 1.29 is 9.90 Å². The van der Waals surface area contributed by atoms with Gasteiger partial charge in [-0.05, 0) is 69.5 Å². The minimum Gasteiger partial charge on any atom is -0.480 e. The molecule has 21 heavy (non-hydrogen) atoms. The Hall–Kier alpha value is -0.610. The number of carboxylic acid groups (broad SMARTS) is 1. The third-order valence-electron chi connectivity index (χ3n) is 5.39. The quantitative estimate of drug-likeness (QED) is 0.723. The first-order valence-corrected chi connectivity index (χ1v) is 8.70. The average Bonchev–Trinajstić information content (AvgIpc) is 3.28. The van der Waals surface area contributed by atoms with Gasteiger partial charge in [0, 0.05) is 6.54 Å². The molecule has 0 radical (unpaired) electrons. The van der Waals surface area contributed by atoms with E-state index in [9.17, 15) is 9.90 Å². The minimum absolute atomic E-state index is 0.323. The molecule has 1 aliphatic heterocycles. The summed E-state index contributed by atoms with van der Waals surface area (Å²) in [6.45, 7) is 10.3. The van der Waals surface area contributed by atoms with Gasteiger partial charge in [-0.1, -0.05) is 20.8 Å². The van der Waals surface area contributed by atoms with Crippen molar-refractivity contribution in [3.05, 3.63) is 0 Å². The highest BCUT2D eigenvalue weighted by Gasteiger charge is 2.51. The molecule has 1 atom stereocenters. The summed E-state index contributed by atoms with van der Waals surface area (Å²) < 4.78 is 0. The molecule has 4 heteroatoms. The summed E-state index contributed by atoms with van der Waals surface area (Å²) in [6, 6.07) is 0. The Bertz CT molecular complexity index is 347. The molecule has 2 aliphatic rings. The van der Waals surface area contributed by atoms with Crippen molar-refractivity contribution in [2.24, 2.45) is 17.8 Å². The number of carbonyl (C=O) groups is 1. The largest absolute Gasteiger partial charge is 0.480 e. The molecule has 0 amide bonds. The van der Waals surface area contributed by atoms with Crippen LogP contribution in [0.5, 0.6) is 0 Å². The van der Waals surface area contributed by atoms with Crippen molar-refractivity contribution in [1.29, 1.82) is 0 Å². The zero-order valence-electron chi connectivity index (χ0n) is 13.9. The smallest absolute Gasteiger partial charge is 0.325 e. The van der Waals surface area contributed by atoms with Crippen LogP contribution in [0.25, 0.3) is 0 Å². The molecular formula is C17H32N2O2. The predicted octanol–water partition coefficient (Wildman–Crippen LogP) is 2.59. The molecule has 0 aromatic rings. The summed E-state index contributed by atoms with van der Waals surface area (Å²) in [5.74, 6) is 1.23. The number of nitrogens with one attached hydrogen (secondary N) is 1. The van der Waals surface area contributed by atoms with Crippen LogP contribution in [-0.2, 0) is 4.79 Å². The molecular weight excluding hydrogens is 264 g/mol. The molecule has 1 saturated heterocycles. The lowest BCUT2D eigenvalue weighted by atomic mass is 9.85. The van der Waals surface area contributed by atoms with Crippen LogP contribution in [0.15, 0.2) is 0 Å². The van der Waals surface area contributed by atoms with Gasteiger partial charge in [0.15, 0.2) is 0 Å². The van der Waals surface area contributed by atoms with Gasteiger partial charge in [-0.15, -0.1) is 0 Å². The van der Waals surface area contributed by atoms with E-state index >= 15 is 0 Å². The lowest BCUT2D eigenvalue weighted by molar-refractivity contribution is -0.147. The van der Waals surface area contributed by atoms with Crippen LogP contribution >= 0.6 is 0 Å². The first-order chi connectivity index (χ1) is 9.99. The predicted molar refractivity (Wildman–Crippen MR) is 85.4 cm³/mol. The Morgan fingerprint density at radius 1 is 1.29 bits per heavy atom. The van der Waals surface area contributed by atoms with Gasteiger partial charge in [-0.25, -0.2) is 0 Å². The number of piperidine rings is 1. The van der Waals surface area contributed by atoms with Crippen molar-refractivity contribution in [3.63, 3.8) is 0 Å². The van der Waals surface area contributed by atoms with Gasteiger partial charge >= 0.3 is 5.97 Å². The van der Waals surface area contributed by atoms with E-state index in [2.05, 4.69) is 31.0 Å². The highest BCUT2D eigenvalue weighted by molar-refractivity contribution is 5.80. The normalized spacial score (nSPS) is 24.2. The Morgan fingerprint density at radius 3 is 2.33 bits per heavy atom. The van der Waals surface area contributed by atoms with E-state index in [4.69, 9.17) is 0 Å². The van der Waals surface area contributed by atoms with Gasteiger partial charge < -0.3 is 15.3 Å². The maximum atomic E-state index is 12.0. The number of likely N-dealkylation sites (tertiary alicyclic amines) is 1. The van der Waals surface area contributed by atoms with E-state index in [1.165, 1.54) is 12.8 Å². The fourth-order valence-electron chi connectivity index (χ4n) is 3.70. The van der Waals surface area contributed by atoms with E-state index in [-0.39, 0.29) is 0 Å². The van der Waals surface area contributed by atoms with Gasteiger partial charge in [-0.2, -0.15) is 0 Å². The van der Waals surface area contributed by atoms with Crippen LogP contribution in [0.3, 0.4) is 0 Å². The van der Waals surface area contributed by atoms with Gasteiger partial charge in [0.1, 0.15) is 5.54 Å². The van der Waals surface area contributed by atoms with E-state index in [0.29, 0.717) is 12.5 Å². The van der Waals surface area contributed by atoms with Crippen LogP contribution in [0.1, 0.15) is 52.9 Å². The summed E-state index contributed by atoms with van der Waals surface area (Å²) in [4.78, 5) is 14.3. The number of hydrogen-bond acceptors (Lipinski definition) is 3. The van der Waals surface area contributed by atoms with Gasteiger partial charge in [0.2, 0.25) is 0 Å². The standard InChI is InChI=1S/C17H32N2O2/c1-4-9-18-17(16(20)21,15-5-6-15)12-19-10-7-14(8-11-19)13(2)3/h13-15,18H,4-12H2,1-3H3,(H,20,21). The number of hydrogen-bond donors (Lipinski definition) is 2. The summed E-state index contributed by atoms with van der Waals surface area (Å²) in [6.07, 6.45) is 5.53. The summed E-state index contributed by atoms with van der Waals surface area (Å²) >= 11 is 0. The fraction of sp³-hybridized carbons (Fsp3) is 0.941. The van der Waals surface area contributed by atoms with Gasteiger partial charge in [0.05, 0.1) is 0 Å². The minimum atomic E-state index is -0.708. The van der Waals surface area contributed by atoms with Crippen molar-refractivity contribution in [2.75, 3.05) is 26.2 Å². The maximum Gasteiger partial charge on any atom is 0.325 e. The lowest BCUT2D eigenvalue weighted by Gasteiger charge is -2.40. The molecule has 0 aromatic carbocycles. The number of rotatable bonds is 8. The maximum absolute atomic E-state index is 12.0. The number of aliphatic carboxylic acids is 1. The third-order valence-corrected chi connectivity index (χ3v) is 5.39. The molecule has 2 rings (SSSR count). The molecule has 4 nitrogen and oxygen atoms in total. The first-order valence-electron chi connectivity index (χ1n) is 8.70. The Labute approximate surface area is 129 Å². The topological polar surface area (TPSA) is 52.6 Å². The van der Waals surface area contributed by atoms with Crippen LogP contribution < -0.4 is 5.32 Å². The number of nitrogens with zero attached hydrogens (tertiary/aromatic N) is 1. The molecule has 0 spiro atoms. The monoisotopic (exact) mass is 296 g/mol. The highest BCUT2D eigenvalue weighted by atomic mass is 16.4. The zero-order chi connectivity index (χ0) is 15.5. The van der Waals surface area contributed by atoms with Gasteiger partial charge in [0.25, 0.3) is 0 Å². The average molecular weight is 296 g/mol. The van der Waals surface area contributed by atoms with E-state index < -0.39 is 11.5 Å².